The van der Waals surface area contributed by atoms with Gasteiger partial charge < -0.3 is 15.5 Å². The molecule has 0 spiro atoms. The quantitative estimate of drug-likeness (QED) is 0.775. The Morgan fingerprint density at radius 1 is 1.22 bits per heavy atom. The molecule has 2 saturated carbocycles. The Morgan fingerprint density at radius 2 is 2.04 bits per heavy atom. The van der Waals surface area contributed by atoms with Gasteiger partial charge in [-0.1, -0.05) is 13.3 Å². The minimum absolute atomic E-state index is 0.0391. The molecule has 2 N–H and O–H groups in total. The summed E-state index contributed by atoms with van der Waals surface area (Å²) in [5.41, 5.74) is 0. The van der Waals surface area contributed by atoms with Gasteiger partial charge in [-0.05, 0) is 51.0 Å². The van der Waals surface area contributed by atoms with Crippen LogP contribution in [0.1, 0.15) is 51.9 Å². The van der Waals surface area contributed by atoms with E-state index in [0.717, 1.165) is 50.6 Å². The molecule has 0 aromatic rings. The van der Waals surface area contributed by atoms with E-state index >= 15 is 0 Å². The van der Waals surface area contributed by atoms with Crippen LogP contribution in [0.3, 0.4) is 0 Å². The number of hydrogen-bond donors (Lipinski definition) is 2. The predicted octanol–water partition coefficient (Wildman–Crippen LogP) is 1.85. The largest absolute Gasteiger partial charge is 0.338 e. The standard InChI is InChI=1S/C17H31N3O2S/c1-2-23(22)16-5-3-4-14(10-16)19-17(21)18-11-13-8-9-20(12-13)15-6-7-15/h13-16H,2-12H2,1H3,(H2,18,19,21)/t13-,14-,16+,23+/m0/s1. The van der Waals surface area contributed by atoms with E-state index in [1.54, 1.807) is 0 Å². The Bertz CT molecular complexity index is 442. The van der Waals surface area contributed by atoms with Gasteiger partial charge in [0.1, 0.15) is 0 Å². The number of urea groups is 1. The summed E-state index contributed by atoms with van der Waals surface area (Å²) in [6.07, 6.45) is 7.93. The number of likely N-dealkylation sites (tertiary alicyclic amines) is 1. The molecule has 3 fully saturated rings. The van der Waals surface area contributed by atoms with Crippen molar-refractivity contribution in [2.24, 2.45) is 5.92 Å². The molecule has 0 aromatic heterocycles. The van der Waals surface area contributed by atoms with Gasteiger partial charge >= 0.3 is 6.03 Å². The predicted molar refractivity (Wildman–Crippen MR) is 94.0 cm³/mol. The number of amides is 2. The van der Waals surface area contributed by atoms with Crippen LogP contribution in [-0.4, -0.2) is 57.9 Å². The highest BCUT2D eigenvalue weighted by Crippen LogP contribution is 2.31. The van der Waals surface area contributed by atoms with Gasteiger partial charge in [-0.2, -0.15) is 0 Å². The summed E-state index contributed by atoms with van der Waals surface area (Å²) in [4.78, 5) is 14.7. The SMILES string of the molecule is CC[S@@](=O)[C@@H]1CCC[C@H](NC(=O)NC[C@@H]2CCN(C3CC3)C2)C1. The van der Waals surface area contributed by atoms with Crippen LogP contribution in [0.25, 0.3) is 0 Å². The van der Waals surface area contributed by atoms with Crippen molar-refractivity contribution in [1.29, 1.82) is 0 Å². The van der Waals surface area contributed by atoms with Gasteiger partial charge in [-0.3, -0.25) is 4.21 Å². The van der Waals surface area contributed by atoms with E-state index in [1.165, 1.54) is 25.8 Å². The maximum absolute atomic E-state index is 12.1. The summed E-state index contributed by atoms with van der Waals surface area (Å²) in [7, 11) is -0.735. The van der Waals surface area contributed by atoms with Crippen molar-refractivity contribution >= 4 is 16.8 Å². The molecule has 3 aliphatic rings. The lowest BCUT2D eigenvalue weighted by Crippen LogP contribution is -2.46. The van der Waals surface area contributed by atoms with Crippen molar-refractivity contribution in [3.63, 3.8) is 0 Å². The highest BCUT2D eigenvalue weighted by atomic mass is 32.2. The van der Waals surface area contributed by atoms with E-state index in [-0.39, 0.29) is 17.3 Å². The second-order valence-electron chi connectivity index (χ2n) is 7.39. The molecule has 1 aliphatic heterocycles. The maximum atomic E-state index is 12.1. The molecule has 3 rings (SSSR count). The fourth-order valence-corrected chi connectivity index (χ4v) is 5.37. The highest BCUT2D eigenvalue weighted by Gasteiger charge is 2.34. The maximum Gasteiger partial charge on any atom is 0.315 e. The van der Waals surface area contributed by atoms with Crippen molar-refractivity contribution in [1.82, 2.24) is 15.5 Å². The molecule has 23 heavy (non-hydrogen) atoms. The number of carbonyl (C=O) groups is 1. The van der Waals surface area contributed by atoms with Crippen LogP contribution in [0.5, 0.6) is 0 Å². The molecule has 0 radical (unpaired) electrons. The van der Waals surface area contributed by atoms with Crippen LogP contribution in [0.4, 0.5) is 4.79 Å². The third kappa shape index (κ3) is 4.92. The Morgan fingerprint density at radius 3 is 2.78 bits per heavy atom. The van der Waals surface area contributed by atoms with Gasteiger partial charge in [-0.25, -0.2) is 4.79 Å². The molecule has 4 atom stereocenters. The summed E-state index contributed by atoms with van der Waals surface area (Å²) in [6.45, 7) is 5.11. The summed E-state index contributed by atoms with van der Waals surface area (Å²) < 4.78 is 12.0. The highest BCUT2D eigenvalue weighted by molar-refractivity contribution is 7.85. The second kappa shape index (κ2) is 7.97. The molecule has 132 valence electrons. The summed E-state index contributed by atoms with van der Waals surface area (Å²) >= 11 is 0. The first-order valence-corrected chi connectivity index (χ1v) is 10.7. The van der Waals surface area contributed by atoms with Crippen molar-refractivity contribution in [3.05, 3.63) is 0 Å². The van der Waals surface area contributed by atoms with E-state index in [1.807, 2.05) is 6.92 Å². The van der Waals surface area contributed by atoms with Crippen LogP contribution in [0, 0.1) is 5.92 Å². The molecule has 6 heteroatoms. The second-order valence-corrected chi connectivity index (χ2v) is 9.40. The van der Waals surface area contributed by atoms with Gasteiger partial charge in [0, 0.05) is 47.0 Å². The summed E-state index contributed by atoms with van der Waals surface area (Å²) in [5, 5.41) is 6.42. The lowest BCUT2D eigenvalue weighted by atomic mass is 9.95. The Labute approximate surface area is 142 Å². The molecule has 1 saturated heterocycles. The molecule has 0 aromatic carbocycles. The van der Waals surface area contributed by atoms with Crippen LogP contribution in [0.2, 0.25) is 0 Å². The summed E-state index contributed by atoms with van der Waals surface area (Å²) in [6, 6.07) is 0.992. The van der Waals surface area contributed by atoms with E-state index in [0.29, 0.717) is 5.92 Å². The number of hydrogen-bond acceptors (Lipinski definition) is 3. The van der Waals surface area contributed by atoms with Crippen molar-refractivity contribution in [2.75, 3.05) is 25.4 Å². The van der Waals surface area contributed by atoms with Crippen molar-refractivity contribution < 1.29 is 9.00 Å². The molecule has 0 unspecified atom stereocenters. The fraction of sp³-hybridized carbons (Fsp3) is 0.941. The van der Waals surface area contributed by atoms with Gasteiger partial charge in [0.2, 0.25) is 0 Å². The monoisotopic (exact) mass is 341 g/mol. The molecule has 5 nitrogen and oxygen atoms in total. The molecular weight excluding hydrogens is 310 g/mol. The fourth-order valence-electron chi connectivity index (χ4n) is 4.02. The van der Waals surface area contributed by atoms with Crippen LogP contribution in [0.15, 0.2) is 0 Å². The number of nitrogens with zero attached hydrogens (tertiary/aromatic N) is 1. The Hall–Kier alpha value is -0.620. The first kappa shape index (κ1) is 17.2. The Balaban J connectivity index is 1.35. The molecule has 0 bridgehead atoms. The van der Waals surface area contributed by atoms with Gasteiger partial charge in [0.15, 0.2) is 0 Å². The average molecular weight is 342 g/mol. The lowest BCUT2D eigenvalue weighted by Gasteiger charge is -2.29. The van der Waals surface area contributed by atoms with E-state index < -0.39 is 10.8 Å². The third-order valence-electron chi connectivity index (χ3n) is 5.55. The molecule has 2 aliphatic carbocycles. The average Bonchev–Trinajstić information content (AvgIpc) is 3.31. The minimum atomic E-state index is -0.735. The van der Waals surface area contributed by atoms with E-state index in [9.17, 15) is 9.00 Å². The van der Waals surface area contributed by atoms with Crippen LogP contribution in [-0.2, 0) is 10.8 Å². The number of nitrogens with one attached hydrogen (secondary N) is 2. The zero-order valence-corrected chi connectivity index (χ0v) is 15.1. The molecular formula is C17H31N3O2S. The van der Waals surface area contributed by atoms with Gasteiger partial charge in [0.25, 0.3) is 0 Å². The van der Waals surface area contributed by atoms with E-state index in [2.05, 4.69) is 15.5 Å². The summed E-state index contributed by atoms with van der Waals surface area (Å²) in [5.74, 6) is 1.33. The van der Waals surface area contributed by atoms with E-state index in [4.69, 9.17) is 0 Å². The van der Waals surface area contributed by atoms with Crippen LogP contribution >= 0.6 is 0 Å². The smallest absolute Gasteiger partial charge is 0.315 e. The molecule has 1 heterocycles. The first-order valence-electron chi connectivity index (χ1n) is 9.31. The topological polar surface area (TPSA) is 61.4 Å². The number of carbonyl (C=O) groups excluding carboxylic acids is 1. The van der Waals surface area contributed by atoms with Crippen molar-refractivity contribution in [2.45, 2.75) is 69.2 Å². The zero-order valence-electron chi connectivity index (χ0n) is 14.3. The van der Waals surface area contributed by atoms with Gasteiger partial charge in [0.05, 0.1) is 0 Å². The zero-order chi connectivity index (χ0) is 16.2. The molecule has 2 amide bonds. The van der Waals surface area contributed by atoms with Gasteiger partial charge in [-0.15, -0.1) is 0 Å². The lowest BCUT2D eigenvalue weighted by molar-refractivity contribution is 0.230. The van der Waals surface area contributed by atoms with Crippen LogP contribution < -0.4 is 10.6 Å². The minimum Gasteiger partial charge on any atom is -0.338 e. The Kier molecular flexibility index (Phi) is 5.96. The first-order chi connectivity index (χ1) is 11.2. The normalized spacial score (nSPS) is 33.3. The third-order valence-corrected chi connectivity index (χ3v) is 7.29. The number of rotatable bonds is 6. The van der Waals surface area contributed by atoms with Crippen molar-refractivity contribution in [3.8, 4) is 0 Å².